The van der Waals surface area contributed by atoms with Crippen molar-refractivity contribution >= 4 is 21.6 Å². The molecule has 0 atom stereocenters. The molecule has 4 nitrogen and oxygen atoms in total. The van der Waals surface area contributed by atoms with E-state index in [4.69, 9.17) is 0 Å². The summed E-state index contributed by atoms with van der Waals surface area (Å²) in [5.74, 6) is 0. The van der Waals surface area contributed by atoms with Gasteiger partial charge in [-0.2, -0.15) is 15.4 Å². The van der Waals surface area contributed by atoms with E-state index < -0.39 is 0 Å². The van der Waals surface area contributed by atoms with Gasteiger partial charge >= 0.3 is 0 Å². The van der Waals surface area contributed by atoms with Gasteiger partial charge in [0.25, 0.3) is 0 Å². The summed E-state index contributed by atoms with van der Waals surface area (Å²) in [6, 6.07) is 16.2. The summed E-state index contributed by atoms with van der Waals surface area (Å²) in [4.78, 5) is 0. The minimum absolute atomic E-state index is 0.628. The maximum Gasteiger partial charge on any atom is 0.117 e. The van der Waals surface area contributed by atoms with Crippen molar-refractivity contribution in [3.8, 4) is 11.3 Å². The van der Waals surface area contributed by atoms with Crippen LogP contribution < -0.4 is 5.32 Å². The number of hydrogen-bond donors (Lipinski definition) is 2. The molecule has 0 spiro atoms. The molecule has 0 fully saturated rings. The zero-order valence-electron chi connectivity index (χ0n) is 11.6. The van der Waals surface area contributed by atoms with E-state index in [1.54, 1.807) is 0 Å². The summed E-state index contributed by atoms with van der Waals surface area (Å²) in [7, 11) is 0. The van der Waals surface area contributed by atoms with Crippen LogP contribution in [0.25, 0.3) is 11.3 Å². The molecule has 0 amide bonds. The molecule has 3 aromatic rings. The Hall–Kier alpha value is -2.14. The third-order valence-corrected chi connectivity index (χ3v) is 3.80. The van der Waals surface area contributed by atoms with E-state index in [2.05, 4.69) is 55.7 Å². The van der Waals surface area contributed by atoms with Gasteiger partial charge in [0.1, 0.15) is 11.4 Å². The highest BCUT2D eigenvalue weighted by Gasteiger charge is 2.10. The zero-order valence-corrected chi connectivity index (χ0v) is 13.2. The molecule has 21 heavy (non-hydrogen) atoms. The number of halogens is 1. The number of H-pyrrole nitrogens is 1. The molecular weight excluding hydrogens is 328 g/mol. The third-order valence-electron chi connectivity index (χ3n) is 3.30. The Morgan fingerprint density at radius 2 is 1.90 bits per heavy atom. The van der Waals surface area contributed by atoms with Crippen LogP contribution >= 0.6 is 15.9 Å². The van der Waals surface area contributed by atoms with Gasteiger partial charge in [0.15, 0.2) is 0 Å². The lowest BCUT2D eigenvalue weighted by molar-refractivity contribution is 0.911. The van der Waals surface area contributed by atoms with E-state index in [-0.39, 0.29) is 0 Å². The van der Waals surface area contributed by atoms with E-state index >= 15 is 0 Å². The van der Waals surface area contributed by atoms with Crippen LogP contribution in [0.2, 0.25) is 0 Å². The highest BCUT2D eigenvalue weighted by Crippen LogP contribution is 2.23. The summed E-state index contributed by atoms with van der Waals surface area (Å²) in [6.07, 6.45) is 0. The molecule has 0 radical (unpaired) electrons. The van der Waals surface area contributed by atoms with Crippen LogP contribution in [0.3, 0.4) is 0 Å². The number of nitrogens with zero attached hydrogens (tertiary/aromatic N) is 2. The molecule has 1 heterocycles. The van der Waals surface area contributed by atoms with Gasteiger partial charge in [0.2, 0.25) is 0 Å². The molecule has 0 saturated carbocycles. The smallest absolute Gasteiger partial charge is 0.117 e. The van der Waals surface area contributed by atoms with Crippen LogP contribution in [0.5, 0.6) is 0 Å². The van der Waals surface area contributed by atoms with Gasteiger partial charge in [-0.05, 0) is 30.7 Å². The predicted molar refractivity (Wildman–Crippen MR) is 88.0 cm³/mol. The first-order valence-corrected chi connectivity index (χ1v) is 7.48. The van der Waals surface area contributed by atoms with Crippen molar-refractivity contribution in [2.45, 2.75) is 13.5 Å². The van der Waals surface area contributed by atoms with Gasteiger partial charge in [-0.1, -0.05) is 46.3 Å². The zero-order chi connectivity index (χ0) is 14.7. The van der Waals surface area contributed by atoms with Gasteiger partial charge in [-0.3, -0.25) is 0 Å². The number of hydrogen-bond acceptors (Lipinski definition) is 3. The van der Waals surface area contributed by atoms with Crippen molar-refractivity contribution in [3.63, 3.8) is 0 Å². The number of rotatable bonds is 4. The second-order valence-corrected chi connectivity index (χ2v) is 5.71. The highest BCUT2D eigenvalue weighted by atomic mass is 79.9. The average molecular weight is 343 g/mol. The van der Waals surface area contributed by atoms with Crippen LogP contribution in [-0.2, 0) is 6.54 Å². The fourth-order valence-corrected chi connectivity index (χ4v) is 2.68. The molecule has 0 unspecified atom stereocenters. The van der Waals surface area contributed by atoms with E-state index in [0.29, 0.717) is 6.54 Å². The Morgan fingerprint density at radius 3 is 2.67 bits per heavy atom. The molecule has 106 valence electrons. The molecule has 5 heteroatoms. The van der Waals surface area contributed by atoms with Gasteiger partial charge in [0, 0.05) is 15.7 Å². The van der Waals surface area contributed by atoms with Crippen molar-refractivity contribution in [2.75, 3.05) is 5.32 Å². The van der Waals surface area contributed by atoms with E-state index in [0.717, 1.165) is 27.1 Å². The Bertz CT molecular complexity index is 737. The lowest BCUT2D eigenvalue weighted by Crippen LogP contribution is -2.02. The fourth-order valence-electron chi connectivity index (χ4n) is 2.21. The number of anilines is 1. The average Bonchev–Trinajstić information content (AvgIpc) is 2.96. The van der Waals surface area contributed by atoms with E-state index in [1.165, 1.54) is 5.56 Å². The lowest BCUT2D eigenvalue weighted by atomic mass is 10.1. The maximum atomic E-state index is 4.25. The number of aryl methyl sites for hydroxylation is 1. The van der Waals surface area contributed by atoms with Crippen molar-refractivity contribution in [1.82, 2.24) is 15.4 Å². The van der Waals surface area contributed by atoms with Crippen molar-refractivity contribution in [1.29, 1.82) is 0 Å². The third kappa shape index (κ3) is 3.13. The van der Waals surface area contributed by atoms with Crippen LogP contribution in [0, 0.1) is 6.92 Å². The van der Waals surface area contributed by atoms with Gasteiger partial charge in [-0.15, -0.1) is 0 Å². The SMILES string of the molecule is Cc1cc(Br)ccc1NCc1n[nH]nc1-c1ccccc1. The number of aromatic amines is 1. The molecule has 0 aliphatic heterocycles. The standard InChI is InChI=1S/C16H15BrN4/c1-11-9-13(17)7-8-14(11)18-10-15-16(20-21-19-15)12-5-3-2-4-6-12/h2-9,18H,10H2,1H3,(H,19,20,21). The normalized spacial score (nSPS) is 10.6. The Labute approximate surface area is 131 Å². The summed E-state index contributed by atoms with van der Waals surface area (Å²) in [5, 5.41) is 14.6. The minimum Gasteiger partial charge on any atom is -0.379 e. The molecule has 3 rings (SSSR count). The maximum absolute atomic E-state index is 4.25. The van der Waals surface area contributed by atoms with Crippen LogP contribution in [0.4, 0.5) is 5.69 Å². The molecule has 0 aliphatic rings. The van der Waals surface area contributed by atoms with Gasteiger partial charge in [-0.25, -0.2) is 0 Å². The van der Waals surface area contributed by atoms with E-state index in [9.17, 15) is 0 Å². The molecule has 2 N–H and O–H groups in total. The summed E-state index contributed by atoms with van der Waals surface area (Å²) < 4.78 is 1.08. The van der Waals surface area contributed by atoms with Crippen LogP contribution in [0.15, 0.2) is 53.0 Å². The Balaban J connectivity index is 1.79. The largest absolute Gasteiger partial charge is 0.379 e. The molecular formula is C16H15BrN4. The first-order valence-electron chi connectivity index (χ1n) is 6.69. The van der Waals surface area contributed by atoms with Crippen LogP contribution in [-0.4, -0.2) is 15.4 Å². The first kappa shape index (κ1) is 13.8. The summed E-state index contributed by atoms with van der Waals surface area (Å²) >= 11 is 3.47. The van der Waals surface area contributed by atoms with Crippen molar-refractivity contribution in [3.05, 3.63) is 64.3 Å². The Morgan fingerprint density at radius 1 is 1.10 bits per heavy atom. The first-order chi connectivity index (χ1) is 10.2. The van der Waals surface area contributed by atoms with Crippen molar-refractivity contribution < 1.29 is 0 Å². The quantitative estimate of drug-likeness (QED) is 0.748. The second kappa shape index (κ2) is 6.10. The van der Waals surface area contributed by atoms with Gasteiger partial charge < -0.3 is 5.32 Å². The van der Waals surface area contributed by atoms with Gasteiger partial charge in [0.05, 0.1) is 6.54 Å². The summed E-state index contributed by atoms with van der Waals surface area (Å²) in [6.45, 7) is 2.71. The highest BCUT2D eigenvalue weighted by molar-refractivity contribution is 9.10. The van der Waals surface area contributed by atoms with Crippen molar-refractivity contribution in [2.24, 2.45) is 0 Å². The molecule has 0 saturated heterocycles. The second-order valence-electron chi connectivity index (χ2n) is 4.80. The monoisotopic (exact) mass is 342 g/mol. The number of aromatic nitrogens is 3. The van der Waals surface area contributed by atoms with E-state index in [1.807, 2.05) is 36.4 Å². The number of benzene rings is 2. The minimum atomic E-state index is 0.628. The van der Waals surface area contributed by atoms with Crippen LogP contribution in [0.1, 0.15) is 11.3 Å². The lowest BCUT2D eigenvalue weighted by Gasteiger charge is -2.09. The molecule has 0 bridgehead atoms. The number of nitrogens with one attached hydrogen (secondary N) is 2. The fraction of sp³-hybridized carbons (Fsp3) is 0.125. The molecule has 0 aliphatic carbocycles. The molecule has 1 aromatic heterocycles. The summed E-state index contributed by atoms with van der Waals surface area (Å²) in [5.41, 5.74) is 5.14. The predicted octanol–water partition coefficient (Wildman–Crippen LogP) is 4.15. The molecule has 2 aromatic carbocycles. The topological polar surface area (TPSA) is 53.6 Å². The Kier molecular flexibility index (Phi) is 4.01.